The zero-order valence-electron chi connectivity index (χ0n) is 10.3. The molecule has 0 radical (unpaired) electrons. The molecular weight excluding hydrogens is 264 g/mol. The maximum Gasteiger partial charge on any atom is 0.419 e. The molecule has 1 rings (SSSR count). The molecule has 0 aliphatic carbocycles. The third-order valence-corrected chi connectivity index (χ3v) is 2.85. The lowest BCUT2D eigenvalue weighted by Crippen LogP contribution is -2.14. The minimum atomic E-state index is -4.77. The van der Waals surface area contributed by atoms with Crippen LogP contribution in [0.15, 0.2) is 18.2 Å². The van der Waals surface area contributed by atoms with Crippen molar-refractivity contribution >= 4 is 5.97 Å². The average Bonchev–Trinajstić information content (AvgIpc) is 2.27. The Bertz CT molecular complexity index is 454. The van der Waals surface area contributed by atoms with Crippen molar-refractivity contribution in [2.24, 2.45) is 0 Å². The van der Waals surface area contributed by atoms with Crippen LogP contribution in [0.4, 0.5) is 17.6 Å². The molecule has 0 aromatic heterocycles. The molecule has 0 saturated carbocycles. The maximum absolute atomic E-state index is 13.4. The van der Waals surface area contributed by atoms with Crippen LogP contribution in [0.1, 0.15) is 43.2 Å². The maximum atomic E-state index is 13.4. The summed E-state index contributed by atoms with van der Waals surface area (Å²) in [6.07, 6.45) is -3.13. The number of rotatable bonds is 5. The first-order valence-corrected chi connectivity index (χ1v) is 5.86. The molecule has 0 bridgehead atoms. The number of hydrogen-bond acceptors (Lipinski definition) is 1. The molecule has 1 atom stereocenters. The van der Waals surface area contributed by atoms with Gasteiger partial charge in [-0.2, -0.15) is 13.2 Å². The molecule has 0 amide bonds. The number of alkyl halides is 3. The Morgan fingerprint density at radius 2 is 2.00 bits per heavy atom. The zero-order chi connectivity index (χ0) is 14.6. The lowest BCUT2D eigenvalue weighted by Gasteiger charge is -2.14. The number of benzene rings is 1. The van der Waals surface area contributed by atoms with Crippen molar-refractivity contribution in [2.45, 2.75) is 38.3 Å². The molecule has 0 aliphatic rings. The summed E-state index contributed by atoms with van der Waals surface area (Å²) in [4.78, 5) is 11.1. The van der Waals surface area contributed by atoms with E-state index in [-0.39, 0.29) is 12.0 Å². The van der Waals surface area contributed by atoms with E-state index in [4.69, 9.17) is 5.11 Å². The Morgan fingerprint density at radius 1 is 1.37 bits per heavy atom. The lowest BCUT2D eigenvalue weighted by molar-refractivity contribution is -0.140. The molecule has 0 saturated heterocycles. The van der Waals surface area contributed by atoms with E-state index in [1.54, 1.807) is 0 Å². The second-order valence-corrected chi connectivity index (χ2v) is 4.27. The van der Waals surface area contributed by atoms with Gasteiger partial charge in [0, 0.05) is 0 Å². The Labute approximate surface area is 108 Å². The second-order valence-electron chi connectivity index (χ2n) is 4.27. The van der Waals surface area contributed by atoms with Gasteiger partial charge in [-0.1, -0.05) is 25.8 Å². The number of aliphatic carboxylic acids is 1. The van der Waals surface area contributed by atoms with Crippen LogP contribution in [0.25, 0.3) is 0 Å². The Balaban J connectivity index is 3.07. The van der Waals surface area contributed by atoms with E-state index in [9.17, 15) is 22.4 Å². The van der Waals surface area contributed by atoms with Gasteiger partial charge in [-0.15, -0.1) is 0 Å². The molecule has 19 heavy (non-hydrogen) atoms. The Hall–Kier alpha value is -1.59. The van der Waals surface area contributed by atoms with Crippen molar-refractivity contribution in [3.63, 3.8) is 0 Å². The summed E-state index contributed by atoms with van der Waals surface area (Å²) in [5.41, 5.74) is -1.32. The van der Waals surface area contributed by atoms with Crippen molar-refractivity contribution in [3.05, 3.63) is 35.1 Å². The van der Waals surface area contributed by atoms with Crippen LogP contribution in [-0.4, -0.2) is 11.1 Å². The van der Waals surface area contributed by atoms with Crippen molar-refractivity contribution in [1.29, 1.82) is 0 Å². The van der Waals surface area contributed by atoms with Crippen LogP contribution in [0.2, 0.25) is 0 Å². The summed E-state index contributed by atoms with van der Waals surface area (Å²) >= 11 is 0. The van der Waals surface area contributed by atoms with Crippen molar-refractivity contribution in [2.75, 3.05) is 0 Å². The Morgan fingerprint density at radius 3 is 2.42 bits per heavy atom. The molecule has 0 spiro atoms. The first-order valence-electron chi connectivity index (χ1n) is 5.86. The summed E-state index contributed by atoms with van der Waals surface area (Å²) in [6.45, 7) is 1.87. The van der Waals surface area contributed by atoms with E-state index < -0.39 is 29.4 Å². The summed E-state index contributed by atoms with van der Waals surface area (Å²) in [5, 5.41) is 9.03. The fraction of sp³-hybridized carbons (Fsp3) is 0.462. The predicted molar refractivity (Wildman–Crippen MR) is 61.3 cm³/mol. The first-order chi connectivity index (χ1) is 8.77. The summed E-state index contributed by atoms with van der Waals surface area (Å²) in [6, 6.07) is 2.28. The van der Waals surface area contributed by atoms with E-state index in [2.05, 4.69) is 0 Å². The number of carboxylic acid groups (broad SMARTS) is 1. The van der Waals surface area contributed by atoms with Gasteiger partial charge in [0.15, 0.2) is 0 Å². The minimum Gasteiger partial charge on any atom is -0.481 e. The predicted octanol–water partition coefficient (Wildman–Crippen LogP) is 4.20. The van der Waals surface area contributed by atoms with E-state index in [0.717, 1.165) is 12.5 Å². The molecule has 1 aromatic rings. The highest BCUT2D eigenvalue weighted by atomic mass is 19.4. The van der Waals surface area contributed by atoms with Gasteiger partial charge < -0.3 is 5.11 Å². The number of carboxylic acids is 1. The normalized spacial score (nSPS) is 13.3. The van der Waals surface area contributed by atoms with Gasteiger partial charge in [0.25, 0.3) is 0 Å². The quantitative estimate of drug-likeness (QED) is 0.819. The molecule has 0 aliphatic heterocycles. The average molecular weight is 278 g/mol. The molecule has 1 aromatic carbocycles. The van der Waals surface area contributed by atoms with E-state index in [0.29, 0.717) is 18.6 Å². The van der Waals surface area contributed by atoms with Crippen LogP contribution in [0, 0.1) is 5.82 Å². The summed E-state index contributed by atoms with van der Waals surface area (Å²) < 4.78 is 50.5. The van der Waals surface area contributed by atoms with Crippen LogP contribution in [-0.2, 0) is 11.0 Å². The lowest BCUT2D eigenvalue weighted by atomic mass is 9.93. The fourth-order valence-electron chi connectivity index (χ4n) is 1.82. The van der Waals surface area contributed by atoms with Gasteiger partial charge in [0.2, 0.25) is 0 Å². The summed E-state index contributed by atoms with van der Waals surface area (Å²) in [7, 11) is 0. The highest BCUT2D eigenvalue weighted by Gasteiger charge is 2.34. The largest absolute Gasteiger partial charge is 0.481 e. The molecule has 1 unspecified atom stereocenters. The molecule has 0 fully saturated rings. The van der Waals surface area contributed by atoms with Crippen LogP contribution >= 0.6 is 0 Å². The van der Waals surface area contributed by atoms with Crippen LogP contribution in [0.3, 0.4) is 0 Å². The molecule has 1 N–H and O–H groups in total. The van der Waals surface area contributed by atoms with Gasteiger partial charge in [-0.25, -0.2) is 4.39 Å². The van der Waals surface area contributed by atoms with E-state index in [1.165, 1.54) is 0 Å². The zero-order valence-corrected chi connectivity index (χ0v) is 10.3. The van der Waals surface area contributed by atoms with Crippen LogP contribution < -0.4 is 0 Å². The molecule has 6 heteroatoms. The van der Waals surface area contributed by atoms with Crippen LogP contribution in [0.5, 0.6) is 0 Å². The minimum absolute atomic E-state index is 0.0615. The number of hydrogen-bond donors (Lipinski definition) is 1. The smallest absolute Gasteiger partial charge is 0.419 e. The van der Waals surface area contributed by atoms with Gasteiger partial charge in [-0.05, 0) is 24.1 Å². The molecular formula is C13H14F4O2. The van der Waals surface area contributed by atoms with Crippen molar-refractivity contribution < 1.29 is 27.5 Å². The Kier molecular flexibility index (Phi) is 4.91. The molecule has 0 heterocycles. The van der Waals surface area contributed by atoms with Gasteiger partial charge in [-0.3, -0.25) is 4.79 Å². The number of halogens is 4. The third-order valence-electron chi connectivity index (χ3n) is 2.85. The fourth-order valence-corrected chi connectivity index (χ4v) is 1.82. The first kappa shape index (κ1) is 15.5. The van der Waals surface area contributed by atoms with E-state index >= 15 is 0 Å². The molecule has 106 valence electrons. The number of carbonyl (C=O) groups is 1. The summed E-state index contributed by atoms with van der Waals surface area (Å²) in [5.74, 6) is -3.57. The van der Waals surface area contributed by atoms with Crippen molar-refractivity contribution in [1.82, 2.24) is 0 Å². The van der Waals surface area contributed by atoms with Gasteiger partial charge >= 0.3 is 12.1 Å². The molecule has 2 nitrogen and oxygen atoms in total. The highest BCUT2D eigenvalue weighted by molar-refractivity contribution is 5.76. The van der Waals surface area contributed by atoms with Crippen molar-refractivity contribution in [3.8, 4) is 0 Å². The van der Waals surface area contributed by atoms with Gasteiger partial charge in [0.1, 0.15) is 5.82 Å². The topological polar surface area (TPSA) is 37.3 Å². The monoisotopic (exact) mass is 278 g/mol. The highest BCUT2D eigenvalue weighted by Crippen LogP contribution is 2.33. The van der Waals surface area contributed by atoms with E-state index in [1.807, 2.05) is 6.92 Å². The number of unbranched alkanes of at least 4 members (excludes halogenated alkanes) is 1. The second kappa shape index (κ2) is 6.04. The standard InChI is InChI=1S/C13H14F4O2/c1-2-3-4-9(12(18)19)8-5-6-10(11(14)7-8)13(15,16)17/h5-7,9H,2-4H2,1H3,(H,18,19). The van der Waals surface area contributed by atoms with Gasteiger partial charge in [0.05, 0.1) is 11.5 Å². The third kappa shape index (κ3) is 3.94. The SMILES string of the molecule is CCCCC(C(=O)O)c1ccc(C(F)(F)F)c(F)c1.